The Balaban J connectivity index is 1.91. The zero-order chi connectivity index (χ0) is 22.3. The molecule has 160 valence electrons. The van der Waals surface area contributed by atoms with Crippen molar-refractivity contribution in [2.45, 2.75) is 23.9 Å². The van der Waals surface area contributed by atoms with E-state index in [4.69, 9.17) is 9.47 Å². The lowest BCUT2D eigenvalue weighted by Crippen LogP contribution is -2.40. The molecule has 7 nitrogen and oxygen atoms in total. The lowest BCUT2D eigenvalue weighted by Gasteiger charge is -2.24. The van der Waals surface area contributed by atoms with Gasteiger partial charge in [-0.05, 0) is 36.3 Å². The Morgan fingerprint density at radius 2 is 1.58 bits per heavy atom. The van der Waals surface area contributed by atoms with E-state index in [9.17, 15) is 18.0 Å². The van der Waals surface area contributed by atoms with Crippen LogP contribution in [0.1, 0.15) is 11.1 Å². The number of fused-ring (bicyclic) bond motifs is 2. The van der Waals surface area contributed by atoms with Crippen molar-refractivity contribution in [1.82, 2.24) is 4.90 Å². The lowest BCUT2D eigenvalue weighted by molar-refractivity contribution is -0.136. The summed E-state index contributed by atoms with van der Waals surface area (Å²) in [6, 6.07) is 13.6. The van der Waals surface area contributed by atoms with Crippen molar-refractivity contribution in [2.75, 3.05) is 14.2 Å². The summed E-state index contributed by atoms with van der Waals surface area (Å²) in [7, 11) is -1.53. The van der Waals surface area contributed by atoms with E-state index in [1.54, 1.807) is 36.4 Å². The molecule has 4 rings (SSSR count). The largest absolute Gasteiger partial charge is 0.466 e. The van der Waals surface area contributed by atoms with Gasteiger partial charge in [0.1, 0.15) is 6.04 Å². The van der Waals surface area contributed by atoms with Gasteiger partial charge in [-0.25, -0.2) is 18.0 Å². The molecule has 2 heterocycles. The van der Waals surface area contributed by atoms with E-state index in [0.717, 1.165) is 5.56 Å². The van der Waals surface area contributed by atoms with Gasteiger partial charge in [0.25, 0.3) is 0 Å². The molecular weight excluding hydrogens is 418 g/mol. The Kier molecular flexibility index (Phi) is 5.18. The SMILES string of the molecule is COC(=O)C1=C(c2ccccc2)[C@H]2C=C(S(=O)(=O)c3ccc(C)cc3)[C@@H]1N2C(=O)OC. The molecule has 1 amide bonds. The number of nitrogens with zero attached hydrogens (tertiary/aromatic N) is 1. The van der Waals surface area contributed by atoms with Crippen molar-refractivity contribution in [3.63, 3.8) is 0 Å². The number of hydrogen-bond acceptors (Lipinski definition) is 6. The van der Waals surface area contributed by atoms with Crippen LogP contribution in [-0.4, -0.2) is 51.7 Å². The molecular formula is C23H21NO6S. The van der Waals surface area contributed by atoms with Crippen molar-refractivity contribution in [1.29, 1.82) is 0 Å². The summed E-state index contributed by atoms with van der Waals surface area (Å²) < 4.78 is 36.8. The predicted octanol–water partition coefficient (Wildman–Crippen LogP) is 3.11. The van der Waals surface area contributed by atoms with E-state index in [-0.39, 0.29) is 15.4 Å². The van der Waals surface area contributed by atoms with Crippen LogP contribution in [0.4, 0.5) is 4.79 Å². The first-order valence-electron chi connectivity index (χ1n) is 9.58. The van der Waals surface area contributed by atoms with Gasteiger partial charge in [0, 0.05) is 0 Å². The standard InChI is InChI=1S/C23H21NO6S/c1-14-9-11-16(12-10-14)31(27,28)18-13-17-19(15-7-5-4-6-8-15)20(22(25)29-2)21(18)24(17)23(26)30-3/h4-13,17,21H,1-3H3/t17-,21+/m1/s1. The van der Waals surface area contributed by atoms with Crippen LogP contribution in [0.3, 0.4) is 0 Å². The Labute approximate surface area is 180 Å². The van der Waals surface area contributed by atoms with Gasteiger partial charge in [0.2, 0.25) is 9.84 Å². The van der Waals surface area contributed by atoms with Gasteiger partial charge in [-0.2, -0.15) is 0 Å². The molecule has 2 aromatic rings. The average molecular weight is 439 g/mol. The minimum atomic E-state index is -3.97. The molecule has 0 fully saturated rings. The molecule has 0 saturated heterocycles. The van der Waals surface area contributed by atoms with Crippen LogP contribution >= 0.6 is 0 Å². The number of ether oxygens (including phenoxy) is 2. The first-order valence-corrected chi connectivity index (χ1v) is 11.1. The van der Waals surface area contributed by atoms with Crippen LogP contribution in [0, 0.1) is 6.92 Å². The number of benzene rings is 2. The summed E-state index contributed by atoms with van der Waals surface area (Å²) >= 11 is 0. The van der Waals surface area contributed by atoms with Crippen LogP contribution in [0.25, 0.3) is 5.57 Å². The predicted molar refractivity (Wildman–Crippen MR) is 114 cm³/mol. The van der Waals surface area contributed by atoms with Gasteiger partial charge in [-0.15, -0.1) is 0 Å². The second-order valence-electron chi connectivity index (χ2n) is 7.30. The smallest absolute Gasteiger partial charge is 0.411 e. The fourth-order valence-corrected chi connectivity index (χ4v) is 5.72. The number of esters is 1. The number of carbonyl (C=O) groups is 2. The summed E-state index contributed by atoms with van der Waals surface area (Å²) in [5, 5.41) is 0. The quantitative estimate of drug-likeness (QED) is 0.680. The highest BCUT2D eigenvalue weighted by atomic mass is 32.2. The first-order chi connectivity index (χ1) is 14.8. The second kappa shape index (κ2) is 7.70. The zero-order valence-electron chi connectivity index (χ0n) is 17.2. The maximum Gasteiger partial charge on any atom is 0.411 e. The molecule has 0 aromatic heterocycles. The number of carbonyl (C=O) groups excluding carboxylic acids is 2. The summed E-state index contributed by atoms with van der Waals surface area (Å²) in [6.07, 6.45) is 0.790. The van der Waals surface area contributed by atoms with Crippen molar-refractivity contribution in [3.05, 3.63) is 82.3 Å². The third-order valence-electron chi connectivity index (χ3n) is 5.55. The maximum absolute atomic E-state index is 13.5. The molecule has 0 aliphatic carbocycles. The van der Waals surface area contributed by atoms with Gasteiger partial charge in [-0.1, -0.05) is 48.0 Å². The normalized spacial score (nSPS) is 20.0. The summed E-state index contributed by atoms with van der Waals surface area (Å²) in [5.74, 6) is -0.690. The summed E-state index contributed by atoms with van der Waals surface area (Å²) in [6.45, 7) is 1.86. The van der Waals surface area contributed by atoms with E-state index in [0.29, 0.717) is 11.1 Å². The Morgan fingerprint density at radius 3 is 2.16 bits per heavy atom. The molecule has 2 aromatic carbocycles. The third kappa shape index (κ3) is 3.23. The van der Waals surface area contributed by atoms with E-state index < -0.39 is 34.0 Å². The number of methoxy groups -OCH3 is 2. The van der Waals surface area contributed by atoms with E-state index in [2.05, 4.69) is 0 Å². The van der Waals surface area contributed by atoms with Gasteiger partial charge in [0.15, 0.2) is 0 Å². The molecule has 8 heteroatoms. The van der Waals surface area contributed by atoms with Gasteiger partial charge in [0.05, 0.1) is 35.6 Å². The van der Waals surface area contributed by atoms with Crippen LogP contribution in [0.5, 0.6) is 0 Å². The first kappa shape index (κ1) is 20.9. The molecule has 31 heavy (non-hydrogen) atoms. The Morgan fingerprint density at radius 1 is 0.935 bits per heavy atom. The molecule has 0 radical (unpaired) electrons. The zero-order valence-corrected chi connectivity index (χ0v) is 18.0. The molecule has 2 aliphatic rings. The topological polar surface area (TPSA) is 90.0 Å². The number of rotatable bonds is 4. The van der Waals surface area contributed by atoms with Crippen molar-refractivity contribution in [2.24, 2.45) is 0 Å². The molecule has 0 saturated carbocycles. The Bertz CT molecular complexity index is 1210. The lowest BCUT2D eigenvalue weighted by atomic mass is 9.91. The van der Waals surface area contributed by atoms with E-state index in [1.807, 2.05) is 13.0 Å². The van der Waals surface area contributed by atoms with Crippen LogP contribution in [-0.2, 0) is 24.1 Å². The fourth-order valence-electron chi connectivity index (χ4n) is 4.13. The van der Waals surface area contributed by atoms with Gasteiger partial charge < -0.3 is 9.47 Å². The molecule has 2 aliphatic heterocycles. The molecule has 2 bridgehead atoms. The molecule has 2 atom stereocenters. The summed E-state index contributed by atoms with van der Waals surface area (Å²) in [4.78, 5) is 26.8. The number of hydrogen-bond donors (Lipinski definition) is 0. The minimum absolute atomic E-state index is 0.0353. The van der Waals surface area contributed by atoms with Crippen molar-refractivity contribution in [3.8, 4) is 0 Å². The number of aryl methyl sites for hydroxylation is 1. The van der Waals surface area contributed by atoms with Crippen LogP contribution < -0.4 is 0 Å². The van der Waals surface area contributed by atoms with Crippen molar-refractivity contribution < 1.29 is 27.5 Å². The van der Waals surface area contributed by atoms with E-state index >= 15 is 0 Å². The van der Waals surface area contributed by atoms with Crippen molar-refractivity contribution >= 4 is 27.5 Å². The third-order valence-corrected chi connectivity index (χ3v) is 7.42. The number of amides is 1. The van der Waals surface area contributed by atoms with Gasteiger partial charge in [-0.3, -0.25) is 4.90 Å². The van der Waals surface area contributed by atoms with Crippen LogP contribution in [0.15, 0.2) is 76.0 Å². The van der Waals surface area contributed by atoms with E-state index in [1.165, 1.54) is 37.3 Å². The average Bonchev–Trinajstić information content (AvgIpc) is 3.33. The highest BCUT2D eigenvalue weighted by Gasteiger charge is 2.55. The van der Waals surface area contributed by atoms with Gasteiger partial charge >= 0.3 is 12.1 Å². The summed E-state index contributed by atoms with van der Waals surface area (Å²) in [5.41, 5.74) is 2.27. The number of sulfone groups is 1. The molecule has 0 N–H and O–H groups in total. The molecule has 0 unspecified atom stereocenters. The Hall–Kier alpha value is -3.39. The second-order valence-corrected chi connectivity index (χ2v) is 9.24. The highest BCUT2D eigenvalue weighted by Crippen LogP contribution is 2.49. The highest BCUT2D eigenvalue weighted by molar-refractivity contribution is 7.95. The minimum Gasteiger partial charge on any atom is -0.466 e. The molecule has 0 spiro atoms. The maximum atomic E-state index is 13.5. The monoisotopic (exact) mass is 439 g/mol. The fraction of sp³-hybridized carbons (Fsp3) is 0.217. The van der Waals surface area contributed by atoms with Crippen LogP contribution in [0.2, 0.25) is 0 Å².